The molecule has 34 heavy (non-hydrogen) atoms. The predicted molar refractivity (Wildman–Crippen MR) is 125 cm³/mol. The summed E-state index contributed by atoms with van der Waals surface area (Å²) in [4.78, 5) is 51.3. The summed E-state index contributed by atoms with van der Waals surface area (Å²) in [5, 5.41) is 7.67. The van der Waals surface area contributed by atoms with Crippen LogP contribution in [-0.4, -0.2) is 46.5 Å². The number of amides is 5. The highest BCUT2D eigenvalue weighted by molar-refractivity contribution is 6.10. The van der Waals surface area contributed by atoms with Crippen LogP contribution in [0.25, 0.3) is 0 Å². The van der Waals surface area contributed by atoms with E-state index in [1.807, 2.05) is 0 Å². The maximum Gasteiger partial charge on any atom is 0.412 e. The summed E-state index contributed by atoms with van der Waals surface area (Å²) in [5.74, 6) is -1.50. The first-order chi connectivity index (χ1) is 15.6. The lowest BCUT2D eigenvalue weighted by molar-refractivity contribution is -0.136. The summed E-state index contributed by atoms with van der Waals surface area (Å²) < 4.78 is 19.3. The zero-order chi connectivity index (χ0) is 25.5. The van der Waals surface area contributed by atoms with Crippen LogP contribution in [-0.2, 0) is 14.3 Å². The SMILES string of the molecule is CC1CC(C)(C)CC2(C1)NC(=O)N(CC(=O)Nc1ccc(F)c(NC(=O)OC(C)(C)C)c1)C2=O. The second-order valence-corrected chi connectivity index (χ2v) is 11.1. The zero-order valence-corrected chi connectivity index (χ0v) is 20.5. The molecule has 1 saturated heterocycles. The Morgan fingerprint density at radius 2 is 1.88 bits per heavy atom. The number of anilines is 2. The molecule has 186 valence electrons. The fourth-order valence-electron chi connectivity index (χ4n) is 5.11. The number of imide groups is 1. The Labute approximate surface area is 198 Å². The number of hydrogen-bond donors (Lipinski definition) is 3. The van der Waals surface area contributed by atoms with Crippen LogP contribution < -0.4 is 16.0 Å². The maximum absolute atomic E-state index is 14.1. The lowest BCUT2D eigenvalue weighted by Crippen LogP contribution is -2.54. The van der Waals surface area contributed by atoms with Crippen LogP contribution in [0, 0.1) is 17.2 Å². The van der Waals surface area contributed by atoms with E-state index in [2.05, 4.69) is 36.7 Å². The van der Waals surface area contributed by atoms with Crippen molar-refractivity contribution >= 4 is 35.3 Å². The lowest BCUT2D eigenvalue weighted by atomic mass is 9.64. The quantitative estimate of drug-likeness (QED) is 0.562. The molecule has 2 fully saturated rings. The zero-order valence-electron chi connectivity index (χ0n) is 20.5. The van der Waals surface area contributed by atoms with Crippen LogP contribution in [0.1, 0.15) is 60.8 Å². The van der Waals surface area contributed by atoms with Gasteiger partial charge in [0, 0.05) is 5.69 Å². The van der Waals surface area contributed by atoms with E-state index in [4.69, 9.17) is 4.74 Å². The fourth-order valence-corrected chi connectivity index (χ4v) is 5.11. The molecular weight excluding hydrogens is 443 g/mol. The van der Waals surface area contributed by atoms with Gasteiger partial charge in [-0.2, -0.15) is 0 Å². The van der Waals surface area contributed by atoms with Crippen LogP contribution in [0.4, 0.5) is 25.4 Å². The largest absolute Gasteiger partial charge is 0.444 e. The average molecular weight is 477 g/mol. The van der Waals surface area contributed by atoms with Crippen LogP contribution in [0.2, 0.25) is 0 Å². The molecule has 1 aliphatic carbocycles. The number of halogens is 1. The molecule has 1 aromatic carbocycles. The third-order valence-corrected chi connectivity index (χ3v) is 5.81. The molecule has 1 saturated carbocycles. The minimum Gasteiger partial charge on any atom is -0.444 e. The first kappa shape index (κ1) is 25.5. The number of urea groups is 1. The number of ether oxygens (including phenoxy) is 1. The number of hydrogen-bond acceptors (Lipinski definition) is 5. The Balaban J connectivity index is 1.67. The van der Waals surface area contributed by atoms with Gasteiger partial charge < -0.3 is 15.4 Å². The van der Waals surface area contributed by atoms with Crippen molar-refractivity contribution in [2.75, 3.05) is 17.2 Å². The summed E-state index contributed by atoms with van der Waals surface area (Å²) in [7, 11) is 0. The van der Waals surface area contributed by atoms with Gasteiger partial charge in [-0.15, -0.1) is 0 Å². The third-order valence-electron chi connectivity index (χ3n) is 5.81. The van der Waals surface area contributed by atoms with Crippen molar-refractivity contribution in [3.63, 3.8) is 0 Å². The van der Waals surface area contributed by atoms with E-state index in [-0.39, 0.29) is 22.7 Å². The molecule has 1 aliphatic heterocycles. The minimum atomic E-state index is -1.00. The molecule has 3 rings (SSSR count). The topological polar surface area (TPSA) is 117 Å². The number of carbonyl (C=O) groups excluding carboxylic acids is 4. The number of nitrogens with one attached hydrogen (secondary N) is 3. The van der Waals surface area contributed by atoms with Crippen molar-refractivity contribution in [2.24, 2.45) is 11.3 Å². The van der Waals surface area contributed by atoms with Crippen LogP contribution in [0.15, 0.2) is 18.2 Å². The monoisotopic (exact) mass is 476 g/mol. The fraction of sp³-hybridized carbons (Fsp3) is 0.583. The molecule has 2 aliphatic rings. The van der Waals surface area contributed by atoms with Gasteiger partial charge in [0.05, 0.1) is 5.69 Å². The maximum atomic E-state index is 14.1. The molecule has 0 bridgehead atoms. The Morgan fingerprint density at radius 3 is 2.50 bits per heavy atom. The van der Waals surface area contributed by atoms with Crippen molar-refractivity contribution < 1.29 is 28.3 Å². The van der Waals surface area contributed by atoms with Crippen molar-refractivity contribution in [2.45, 2.75) is 71.9 Å². The van der Waals surface area contributed by atoms with E-state index < -0.39 is 47.4 Å². The highest BCUT2D eigenvalue weighted by Gasteiger charge is 2.56. The normalized spacial score (nSPS) is 24.1. The molecule has 0 aromatic heterocycles. The Morgan fingerprint density at radius 1 is 1.21 bits per heavy atom. The van der Waals surface area contributed by atoms with E-state index in [0.717, 1.165) is 17.4 Å². The first-order valence-corrected chi connectivity index (χ1v) is 11.3. The van der Waals surface area contributed by atoms with Gasteiger partial charge in [0.1, 0.15) is 23.5 Å². The van der Waals surface area contributed by atoms with E-state index >= 15 is 0 Å². The van der Waals surface area contributed by atoms with Gasteiger partial charge in [-0.3, -0.25) is 19.8 Å². The Kier molecular flexibility index (Phi) is 6.65. The number of rotatable bonds is 4. The van der Waals surface area contributed by atoms with Gasteiger partial charge >= 0.3 is 12.1 Å². The Bertz CT molecular complexity index is 1020. The van der Waals surface area contributed by atoms with E-state index in [1.54, 1.807) is 20.8 Å². The molecule has 9 nitrogen and oxygen atoms in total. The molecule has 1 aromatic rings. The van der Waals surface area contributed by atoms with Crippen LogP contribution in [0.5, 0.6) is 0 Å². The molecule has 0 radical (unpaired) electrons. The molecule has 5 amide bonds. The summed E-state index contributed by atoms with van der Waals surface area (Å²) in [6.07, 6.45) is 1.13. The molecule has 3 N–H and O–H groups in total. The number of carbonyl (C=O) groups is 4. The van der Waals surface area contributed by atoms with Crippen molar-refractivity contribution in [3.8, 4) is 0 Å². The second-order valence-electron chi connectivity index (χ2n) is 11.1. The third kappa shape index (κ3) is 5.84. The smallest absolute Gasteiger partial charge is 0.412 e. The molecule has 2 atom stereocenters. The van der Waals surface area contributed by atoms with E-state index in [9.17, 15) is 23.6 Å². The summed E-state index contributed by atoms with van der Waals surface area (Å²) in [6.45, 7) is 10.7. The first-order valence-electron chi connectivity index (χ1n) is 11.3. The van der Waals surface area contributed by atoms with Gasteiger partial charge in [0.15, 0.2) is 0 Å². The number of nitrogens with zero attached hydrogens (tertiary/aromatic N) is 1. The highest BCUT2D eigenvalue weighted by atomic mass is 19.1. The predicted octanol–water partition coefficient (Wildman–Crippen LogP) is 4.25. The molecule has 1 spiro atoms. The van der Waals surface area contributed by atoms with Gasteiger partial charge in [-0.05, 0) is 69.6 Å². The average Bonchev–Trinajstić information content (AvgIpc) is 2.84. The summed E-state index contributed by atoms with van der Waals surface area (Å²) in [5.41, 5.74) is -1.88. The van der Waals surface area contributed by atoms with Crippen molar-refractivity contribution in [1.29, 1.82) is 0 Å². The second kappa shape index (κ2) is 8.88. The molecule has 2 unspecified atom stereocenters. The summed E-state index contributed by atoms with van der Waals surface area (Å²) in [6, 6.07) is 3.02. The van der Waals surface area contributed by atoms with Crippen molar-refractivity contribution in [3.05, 3.63) is 24.0 Å². The van der Waals surface area contributed by atoms with Crippen molar-refractivity contribution in [1.82, 2.24) is 10.2 Å². The van der Waals surface area contributed by atoms with Crippen LogP contribution in [0.3, 0.4) is 0 Å². The molecular formula is C24H33FN4O5. The molecule has 10 heteroatoms. The van der Waals surface area contributed by atoms with Gasteiger partial charge in [-0.25, -0.2) is 14.0 Å². The number of benzene rings is 1. The highest BCUT2D eigenvalue weighted by Crippen LogP contribution is 2.46. The molecule has 1 heterocycles. The standard InChI is InChI=1S/C24H33FN4O5/c1-14-10-23(5,6)13-24(11-14)19(31)29(20(32)28-24)12-18(30)26-15-7-8-16(25)17(9-15)27-21(33)34-22(2,3)4/h7-9,14H,10-13H2,1-6H3,(H,26,30)(H,27,33)(H,28,32). The van der Waals surface area contributed by atoms with Gasteiger partial charge in [-0.1, -0.05) is 20.8 Å². The lowest BCUT2D eigenvalue weighted by Gasteiger charge is -2.43. The van der Waals surface area contributed by atoms with E-state index in [0.29, 0.717) is 12.8 Å². The van der Waals surface area contributed by atoms with Gasteiger partial charge in [0.2, 0.25) is 5.91 Å². The minimum absolute atomic E-state index is 0.121. The van der Waals surface area contributed by atoms with Gasteiger partial charge in [0.25, 0.3) is 5.91 Å². The summed E-state index contributed by atoms with van der Waals surface area (Å²) >= 11 is 0. The Hall–Kier alpha value is -3.17. The van der Waals surface area contributed by atoms with E-state index in [1.165, 1.54) is 12.1 Å². The van der Waals surface area contributed by atoms with Crippen LogP contribution >= 0.6 is 0 Å².